The third-order valence-corrected chi connectivity index (χ3v) is 9.07. The predicted octanol–water partition coefficient (Wildman–Crippen LogP) is 4.54. The first-order valence-electron chi connectivity index (χ1n) is 11.9. The average Bonchev–Trinajstić information content (AvgIpc) is 3.36. The molecular formula is C26H27ClN2O8S2. The van der Waals surface area contributed by atoms with Gasteiger partial charge in [-0.05, 0) is 19.1 Å². The van der Waals surface area contributed by atoms with Crippen molar-refractivity contribution < 1.29 is 37.0 Å². The number of nitrogens with zero attached hydrogens (tertiary/aromatic N) is 1. The summed E-state index contributed by atoms with van der Waals surface area (Å²) in [6.07, 6.45) is 0. The Morgan fingerprint density at radius 2 is 1.82 bits per heavy atom. The number of halogens is 1. The summed E-state index contributed by atoms with van der Waals surface area (Å²) in [4.78, 5) is 26.5. The lowest BCUT2D eigenvalue weighted by molar-refractivity contribution is 0.0529. The molecule has 1 amide bonds. The molecule has 10 nitrogen and oxygen atoms in total. The maximum Gasteiger partial charge on any atom is 0.341 e. The van der Waals surface area contributed by atoms with Gasteiger partial charge in [0.25, 0.3) is 5.91 Å². The van der Waals surface area contributed by atoms with Crippen molar-refractivity contribution in [2.75, 3.05) is 52.4 Å². The molecule has 0 bridgehead atoms. The molecule has 2 heterocycles. The average molecular weight is 595 g/mol. The van der Waals surface area contributed by atoms with Crippen LogP contribution in [0.15, 0.2) is 46.7 Å². The molecule has 0 unspecified atom stereocenters. The third kappa shape index (κ3) is 5.89. The minimum Gasteiger partial charge on any atom is -0.493 e. The highest BCUT2D eigenvalue weighted by molar-refractivity contribution is 7.89. The van der Waals surface area contributed by atoms with Crippen LogP contribution in [-0.4, -0.2) is 71.7 Å². The van der Waals surface area contributed by atoms with Crippen LogP contribution < -0.4 is 14.8 Å². The van der Waals surface area contributed by atoms with E-state index in [4.69, 9.17) is 30.5 Å². The Balaban J connectivity index is 1.78. The normalized spacial score (nSPS) is 14.1. The van der Waals surface area contributed by atoms with Gasteiger partial charge in [-0.3, -0.25) is 4.79 Å². The largest absolute Gasteiger partial charge is 0.493 e. The highest BCUT2D eigenvalue weighted by Crippen LogP contribution is 2.41. The second-order valence-electron chi connectivity index (χ2n) is 8.23. The van der Waals surface area contributed by atoms with Crippen molar-refractivity contribution in [2.45, 2.75) is 11.8 Å². The van der Waals surface area contributed by atoms with Crippen LogP contribution in [0.2, 0.25) is 5.02 Å². The van der Waals surface area contributed by atoms with Crippen molar-refractivity contribution in [1.82, 2.24) is 4.31 Å². The summed E-state index contributed by atoms with van der Waals surface area (Å²) < 4.78 is 49.3. The van der Waals surface area contributed by atoms with E-state index in [9.17, 15) is 18.0 Å². The zero-order valence-corrected chi connectivity index (χ0v) is 23.9. The number of nitrogens with one attached hydrogen (secondary N) is 1. The third-order valence-electron chi connectivity index (χ3n) is 5.97. The maximum absolute atomic E-state index is 13.6. The molecule has 0 radical (unpaired) electrons. The molecule has 1 aliphatic rings. The highest BCUT2D eigenvalue weighted by Gasteiger charge is 2.31. The number of rotatable bonds is 9. The van der Waals surface area contributed by atoms with Crippen molar-refractivity contribution in [3.8, 4) is 22.6 Å². The van der Waals surface area contributed by atoms with E-state index in [1.165, 1.54) is 30.7 Å². The Bertz CT molecular complexity index is 1480. The number of esters is 1. The van der Waals surface area contributed by atoms with Crippen LogP contribution in [0.25, 0.3) is 11.1 Å². The monoisotopic (exact) mass is 594 g/mol. The van der Waals surface area contributed by atoms with Crippen molar-refractivity contribution >= 4 is 49.8 Å². The molecule has 3 aromatic rings. The molecule has 1 aromatic heterocycles. The van der Waals surface area contributed by atoms with E-state index < -0.39 is 21.9 Å². The lowest BCUT2D eigenvalue weighted by Gasteiger charge is -2.26. The first-order valence-corrected chi connectivity index (χ1v) is 14.6. The molecule has 2 aromatic carbocycles. The summed E-state index contributed by atoms with van der Waals surface area (Å²) in [5.74, 6) is -1.25. The Hall–Kier alpha value is -3.16. The predicted molar refractivity (Wildman–Crippen MR) is 148 cm³/mol. The highest BCUT2D eigenvalue weighted by atomic mass is 35.5. The molecule has 4 rings (SSSR count). The van der Waals surface area contributed by atoms with E-state index >= 15 is 0 Å². The fourth-order valence-electron chi connectivity index (χ4n) is 4.10. The second-order valence-corrected chi connectivity index (χ2v) is 11.5. The minimum absolute atomic E-state index is 0.0384. The van der Waals surface area contributed by atoms with E-state index in [2.05, 4.69) is 5.32 Å². The van der Waals surface area contributed by atoms with Crippen LogP contribution in [0.5, 0.6) is 11.5 Å². The van der Waals surface area contributed by atoms with Crippen LogP contribution in [0, 0.1) is 0 Å². The fourth-order valence-corrected chi connectivity index (χ4v) is 6.73. The van der Waals surface area contributed by atoms with Crippen LogP contribution in [0.1, 0.15) is 27.6 Å². The molecule has 39 heavy (non-hydrogen) atoms. The summed E-state index contributed by atoms with van der Waals surface area (Å²) in [5.41, 5.74) is 1.13. The van der Waals surface area contributed by atoms with Crippen LogP contribution in [0.3, 0.4) is 0 Å². The molecule has 1 fully saturated rings. The Labute approximate surface area is 235 Å². The van der Waals surface area contributed by atoms with E-state index in [0.29, 0.717) is 16.1 Å². The lowest BCUT2D eigenvalue weighted by Crippen LogP contribution is -2.40. The molecule has 13 heteroatoms. The van der Waals surface area contributed by atoms with Crippen molar-refractivity contribution in [3.05, 3.63) is 57.9 Å². The number of amides is 1. The Morgan fingerprint density at radius 1 is 1.10 bits per heavy atom. The Morgan fingerprint density at radius 3 is 2.46 bits per heavy atom. The molecule has 0 aliphatic carbocycles. The quantitative estimate of drug-likeness (QED) is 0.359. The van der Waals surface area contributed by atoms with Crippen molar-refractivity contribution in [3.63, 3.8) is 0 Å². The van der Waals surface area contributed by atoms with Crippen LogP contribution in [-0.2, 0) is 19.5 Å². The zero-order chi connectivity index (χ0) is 28.2. The van der Waals surface area contributed by atoms with Crippen molar-refractivity contribution in [1.29, 1.82) is 0 Å². The molecular weight excluding hydrogens is 568 g/mol. The number of methoxy groups -OCH3 is 2. The number of ether oxygens (including phenoxy) is 4. The number of morpholine rings is 1. The summed E-state index contributed by atoms with van der Waals surface area (Å²) >= 11 is 7.50. The summed E-state index contributed by atoms with van der Waals surface area (Å²) in [6.45, 7) is 2.69. The number of thiophene rings is 1. The van der Waals surface area contributed by atoms with Gasteiger partial charge < -0.3 is 24.3 Å². The second kappa shape index (κ2) is 12.3. The minimum atomic E-state index is -3.96. The SMILES string of the molecule is CCOC(=O)c1c(-c2ccccc2Cl)csc1NC(=O)c1cc(S(=O)(=O)N2CCOCC2)cc(OC)c1OC. The Kier molecular flexibility index (Phi) is 9.13. The summed E-state index contributed by atoms with van der Waals surface area (Å²) in [7, 11) is -1.27. The van der Waals surface area contributed by atoms with Gasteiger partial charge in [-0.15, -0.1) is 11.3 Å². The molecule has 1 aliphatic heterocycles. The smallest absolute Gasteiger partial charge is 0.341 e. The van der Waals surface area contributed by atoms with E-state index in [0.717, 1.165) is 11.3 Å². The molecule has 0 atom stereocenters. The van der Waals surface area contributed by atoms with Gasteiger partial charge in [0.2, 0.25) is 10.0 Å². The van der Waals surface area contributed by atoms with Gasteiger partial charge in [-0.1, -0.05) is 29.8 Å². The number of hydrogen-bond donors (Lipinski definition) is 1. The standard InChI is InChI=1S/C26H27ClN2O8S2/c1-4-37-26(31)22-19(17-7-5-6-8-20(17)27)15-38-25(22)28-24(30)18-13-16(14-21(34-2)23(18)35-3)39(32,33)29-9-11-36-12-10-29/h5-8,13-15H,4,9-12H2,1-3H3,(H,28,30). The summed E-state index contributed by atoms with van der Waals surface area (Å²) in [6, 6.07) is 9.54. The number of benzene rings is 2. The molecule has 0 saturated carbocycles. The number of hydrogen-bond acceptors (Lipinski definition) is 9. The van der Waals surface area contributed by atoms with E-state index in [1.807, 2.05) is 0 Å². The number of carbonyl (C=O) groups is 2. The number of carbonyl (C=O) groups excluding carboxylic acids is 2. The van der Waals surface area contributed by atoms with Gasteiger partial charge >= 0.3 is 5.97 Å². The number of anilines is 1. The molecule has 1 N–H and O–H groups in total. The van der Waals surface area contributed by atoms with Crippen LogP contribution >= 0.6 is 22.9 Å². The number of sulfonamides is 1. The first kappa shape index (κ1) is 28.8. The van der Waals surface area contributed by atoms with E-state index in [-0.39, 0.29) is 65.4 Å². The van der Waals surface area contributed by atoms with Crippen molar-refractivity contribution in [2.24, 2.45) is 0 Å². The van der Waals surface area contributed by atoms with Gasteiger partial charge in [0.1, 0.15) is 10.6 Å². The zero-order valence-electron chi connectivity index (χ0n) is 21.5. The maximum atomic E-state index is 13.6. The van der Waals surface area contributed by atoms with Gasteiger partial charge in [0.05, 0.1) is 44.5 Å². The van der Waals surface area contributed by atoms with Gasteiger partial charge in [-0.25, -0.2) is 13.2 Å². The van der Waals surface area contributed by atoms with Gasteiger partial charge in [0.15, 0.2) is 11.5 Å². The topological polar surface area (TPSA) is 120 Å². The molecule has 0 spiro atoms. The molecule has 208 valence electrons. The van der Waals surface area contributed by atoms with Gasteiger partial charge in [0, 0.05) is 40.7 Å². The fraction of sp³-hybridized carbons (Fsp3) is 0.308. The first-order chi connectivity index (χ1) is 18.7. The van der Waals surface area contributed by atoms with Gasteiger partial charge in [-0.2, -0.15) is 4.31 Å². The van der Waals surface area contributed by atoms with Crippen LogP contribution in [0.4, 0.5) is 5.00 Å². The molecule has 1 saturated heterocycles. The lowest BCUT2D eigenvalue weighted by atomic mass is 10.0. The van der Waals surface area contributed by atoms with E-state index in [1.54, 1.807) is 36.6 Å². The summed E-state index contributed by atoms with van der Waals surface area (Å²) in [5, 5.41) is 5.05.